The van der Waals surface area contributed by atoms with Gasteiger partial charge >= 0.3 is 0 Å². The first-order valence-corrected chi connectivity index (χ1v) is 12.9. The molecule has 0 unspecified atom stereocenters. The van der Waals surface area contributed by atoms with Gasteiger partial charge in [-0.05, 0) is 63.6 Å². The van der Waals surface area contributed by atoms with Crippen LogP contribution in [0.4, 0.5) is 0 Å². The number of ketones is 3. The summed E-state index contributed by atoms with van der Waals surface area (Å²) in [6, 6.07) is 1.81. The summed E-state index contributed by atoms with van der Waals surface area (Å²) in [5, 5.41) is 45.2. The van der Waals surface area contributed by atoms with Crippen LogP contribution in [0.15, 0.2) is 28.7 Å². The van der Waals surface area contributed by atoms with E-state index in [0.29, 0.717) is 11.1 Å². The molecule has 38 heavy (non-hydrogen) atoms. The van der Waals surface area contributed by atoms with Crippen molar-refractivity contribution in [1.82, 2.24) is 0 Å². The molecule has 0 bridgehead atoms. The van der Waals surface area contributed by atoms with Crippen LogP contribution in [0, 0.1) is 28.1 Å². The zero-order chi connectivity index (χ0) is 28.7. The number of aromatic hydroxyl groups is 1. The predicted molar refractivity (Wildman–Crippen MR) is 142 cm³/mol. The summed E-state index contributed by atoms with van der Waals surface area (Å²) in [5.74, 6) is 1.97. The lowest BCUT2D eigenvalue weighted by atomic mass is 9.48. The molecule has 1 aromatic carbocycles. The molecule has 202 valence electrons. The molecule has 0 saturated carbocycles. The fourth-order valence-electron chi connectivity index (χ4n) is 6.62. The van der Waals surface area contributed by atoms with Crippen molar-refractivity contribution in [1.29, 1.82) is 0 Å². The molecular weight excluding hydrogens is 484 g/mol. The number of allylic oxidation sites excluding steroid dienone is 2. The van der Waals surface area contributed by atoms with Crippen LogP contribution in [0.25, 0.3) is 0 Å². The van der Waals surface area contributed by atoms with Gasteiger partial charge in [-0.2, -0.15) is 0 Å². The van der Waals surface area contributed by atoms with Crippen molar-refractivity contribution >= 4 is 17.3 Å². The number of carbonyl (C=O) groups excluding carboxylic acids is 3. The Morgan fingerprint density at radius 3 is 2.21 bits per heavy atom. The van der Waals surface area contributed by atoms with Crippen molar-refractivity contribution in [3.05, 3.63) is 51.0 Å². The summed E-state index contributed by atoms with van der Waals surface area (Å²) in [6.45, 7) is 14.2. The number of phenols is 1. The molecule has 0 radical (unpaired) electrons. The average Bonchev–Trinajstić information content (AvgIpc) is 2.74. The summed E-state index contributed by atoms with van der Waals surface area (Å²) in [7, 11) is 0. The third-order valence-corrected chi connectivity index (χ3v) is 8.25. The van der Waals surface area contributed by atoms with Gasteiger partial charge in [0.1, 0.15) is 22.8 Å². The number of benzene rings is 1. The SMILES string of the molecule is CC(=O)C1=C(O)C[C@@]2(C)C[C@@]3(C)Cc4c(C(C)C)cc(C#CC(C)(C)C)c(O)c4C(=O)C3=C(O)[C@@]2(O)C1=O. The largest absolute Gasteiger partial charge is 0.511 e. The number of hydrogen-bond acceptors (Lipinski definition) is 7. The number of aliphatic hydroxyl groups excluding tert-OH is 2. The van der Waals surface area contributed by atoms with Gasteiger partial charge in [0.2, 0.25) is 5.78 Å². The lowest BCUT2D eigenvalue weighted by Crippen LogP contribution is -2.63. The van der Waals surface area contributed by atoms with Gasteiger partial charge in [0.05, 0.1) is 11.1 Å². The summed E-state index contributed by atoms with van der Waals surface area (Å²) in [5.41, 5.74) is -4.28. The fourth-order valence-corrected chi connectivity index (χ4v) is 6.62. The van der Waals surface area contributed by atoms with Crippen LogP contribution in [-0.2, 0) is 16.0 Å². The zero-order valence-electron chi connectivity index (χ0n) is 23.3. The maximum atomic E-state index is 14.1. The van der Waals surface area contributed by atoms with E-state index < -0.39 is 50.9 Å². The van der Waals surface area contributed by atoms with Crippen LogP contribution >= 0.6 is 0 Å². The highest BCUT2D eigenvalue weighted by molar-refractivity contribution is 6.25. The molecule has 7 heteroatoms. The number of fused-ring (bicyclic) bond motifs is 3. The number of aliphatic hydroxyl groups is 3. The Morgan fingerprint density at radius 2 is 1.68 bits per heavy atom. The molecule has 0 aromatic heterocycles. The molecule has 3 aliphatic rings. The van der Waals surface area contributed by atoms with Gasteiger partial charge < -0.3 is 20.4 Å². The van der Waals surface area contributed by atoms with E-state index in [4.69, 9.17) is 0 Å². The highest BCUT2D eigenvalue weighted by Gasteiger charge is 2.67. The van der Waals surface area contributed by atoms with E-state index in [1.54, 1.807) is 13.8 Å². The maximum absolute atomic E-state index is 14.1. The molecule has 0 spiro atoms. The molecule has 3 atom stereocenters. The minimum atomic E-state index is -2.58. The fraction of sp³-hybridized carbons (Fsp3) is 0.516. The molecule has 4 rings (SSSR count). The Kier molecular flexibility index (Phi) is 6.05. The maximum Gasteiger partial charge on any atom is 0.209 e. The van der Waals surface area contributed by atoms with Crippen molar-refractivity contribution in [3.8, 4) is 17.6 Å². The van der Waals surface area contributed by atoms with Gasteiger partial charge in [0, 0.05) is 28.2 Å². The Balaban J connectivity index is 2.03. The molecule has 0 saturated heterocycles. The first-order chi connectivity index (χ1) is 17.3. The summed E-state index contributed by atoms with van der Waals surface area (Å²) < 4.78 is 0. The minimum Gasteiger partial charge on any atom is -0.511 e. The molecule has 0 heterocycles. The van der Waals surface area contributed by atoms with Crippen LogP contribution in [-0.4, -0.2) is 43.4 Å². The molecule has 7 nitrogen and oxygen atoms in total. The first-order valence-electron chi connectivity index (χ1n) is 12.9. The second-order valence-corrected chi connectivity index (χ2v) is 13.0. The number of hydrogen-bond donors (Lipinski definition) is 4. The van der Waals surface area contributed by atoms with Crippen LogP contribution in [0.5, 0.6) is 5.75 Å². The van der Waals surface area contributed by atoms with Crippen LogP contribution in [0.1, 0.15) is 101 Å². The van der Waals surface area contributed by atoms with E-state index in [1.807, 2.05) is 40.7 Å². The number of Topliss-reactive ketones (excluding diaryl/α,β-unsaturated/α-hetero) is 3. The number of rotatable bonds is 2. The molecule has 0 fully saturated rings. The van der Waals surface area contributed by atoms with Crippen molar-refractivity contribution in [3.63, 3.8) is 0 Å². The van der Waals surface area contributed by atoms with Gasteiger partial charge in [-0.1, -0.05) is 39.5 Å². The van der Waals surface area contributed by atoms with E-state index in [0.717, 1.165) is 12.5 Å². The highest BCUT2D eigenvalue weighted by atomic mass is 16.3. The summed E-state index contributed by atoms with van der Waals surface area (Å²) in [6.07, 6.45) is 0.110. The van der Waals surface area contributed by atoms with E-state index in [9.17, 15) is 34.8 Å². The Bertz CT molecular complexity index is 1440. The summed E-state index contributed by atoms with van der Waals surface area (Å²) >= 11 is 0. The molecular formula is C31H36O7. The normalized spacial score (nSPS) is 29.0. The van der Waals surface area contributed by atoms with Crippen molar-refractivity contribution in [2.45, 2.75) is 86.2 Å². The second kappa shape index (κ2) is 8.31. The third kappa shape index (κ3) is 3.72. The first kappa shape index (κ1) is 27.7. The Labute approximate surface area is 223 Å². The van der Waals surface area contributed by atoms with E-state index in [2.05, 4.69) is 11.8 Å². The van der Waals surface area contributed by atoms with Gasteiger partial charge in [0.25, 0.3) is 0 Å². The molecule has 3 aliphatic carbocycles. The molecule has 0 aliphatic heterocycles. The molecule has 4 N–H and O–H groups in total. The van der Waals surface area contributed by atoms with Gasteiger partial charge in [-0.25, -0.2) is 0 Å². The third-order valence-electron chi connectivity index (χ3n) is 8.25. The van der Waals surface area contributed by atoms with E-state index >= 15 is 0 Å². The average molecular weight is 521 g/mol. The topological polar surface area (TPSA) is 132 Å². The quantitative estimate of drug-likeness (QED) is 0.319. The van der Waals surface area contributed by atoms with Crippen LogP contribution in [0.3, 0.4) is 0 Å². The van der Waals surface area contributed by atoms with Crippen LogP contribution < -0.4 is 0 Å². The number of carbonyl (C=O) groups is 3. The second-order valence-electron chi connectivity index (χ2n) is 13.0. The standard InChI is InChI=1S/C31H36O7/c1-15(2)18-11-17(9-10-28(4,5)6)24(34)22-19(18)12-29(7)14-30(8)13-20(33)21(16(3)32)26(36)31(30,38)27(37)23(29)25(22)35/h11,15,33-34,37-38H,12-14H2,1-8H3/t29-,30+,31+/m1/s1. The smallest absolute Gasteiger partial charge is 0.209 e. The van der Waals surface area contributed by atoms with Gasteiger partial charge in [0.15, 0.2) is 17.2 Å². The predicted octanol–water partition coefficient (Wildman–Crippen LogP) is 4.99. The lowest BCUT2D eigenvalue weighted by Gasteiger charge is -2.56. The Morgan fingerprint density at radius 1 is 1.08 bits per heavy atom. The van der Waals surface area contributed by atoms with Gasteiger partial charge in [-0.15, -0.1) is 0 Å². The van der Waals surface area contributed by atoms with Crippen molar-refractivity contribution < 1.29 is 34.8 Å². The van der Waals surface area contributed by atoms with Crippen molar-refractivity contribution in [2.24, 2.45) is 16.2 Å². The van der Waals surface area contributed by atoms with E-state index in [1.165, 1.54) is 0 Å². The number of phenolic OH excluding ortho intramolecular Hbond substituents is 1. The molecule has 0 amide bonds. The highest BCUT2D eigenvalue weighted by Crippen LogP contribution is 2.62. The summed E-state index contributed by atoms with van der Waals surface area (Å²) in [4.78, 5) is 39.8. The Hall–Kier alpha value is -3.37. The van der Waals surface area contributed by atoms with Crippen molar-refractivity contribution in [2.75, 3.05) is 0 Å². The molecule has 1 aromatic rings. The van der Waals surface area contributed by atoms with Crippen LogP contribution in [0.2, 0.25) is 0 Å². The van der Waals surface area contributed by atoms with E-state index in [-0.39, 0.29) is 47.5 Å². The zero-order valence-corrected chi connectivity index (χ0v) is 23.3. The monoisotopic (exact) mass is 520 g/mol. The lowest BCUT2D eigenvalue weighted by molar-refractivity contribution is -0.159. The minimum absolute atomic E-state index is 0.00691. The van der Waals surface area contributed by atoms with Gasteiger partial charge in [-0.3, -0.25) is 14.4 Å².